The lowest BCUT2D eigenvalue weighted by Gasteiger charge is -2.25. The number of carbonyl (C=O) groups excluding carboxylic acids is 2. The average molecular weight is 360 g/mol. The second-order valence-corrected chi connectivity index (χ2v) is 6.61. The van der Waals surface area contributed by atoms with E-state index in [0.29, 0.717) is 16.9 Å². The van der Waals surface area contributed by atoms with E-state index >= 15 is 0 Å². The van der Waals surface area contributed by atoms with Crippen LogP contribution < -0.4 is 20.8 Å². The van der Waals surface area contributed by atoms with Gasteiger partial charge in [-0.05, 0) is 44.4 Å². The van der Waals surface area contributed by atoms with E-state index in [-0.39, 0.29) is 5.92 Å². The van der Waals surface area contributed by atoms with E-state index < -0.39 is 29.6 Å². The summed E-state index contributed by atoms with van der Waals surface area (Å²) >= 11 is 0. The minimum Gasteiger partial charge on any atom is -0.548 e. The molecule has 0 aliphatic rings. The zero-order valence-corrected chi connectivity index (χ0v) is 15.4. The lowest BCUT2D eigenvalue weighted by molar-refractivity contribution is -0.309. The number of amides is 1. The smallest absolute Gasteiger partial charge is 0.339 e. The molecule has 0 spiro atoms. The van der Waals surface area contributed by atoms with Crippen LogP contribution in [-0.4, -0.2) is 24.0 Å². The summed E-state index contributed by atoms with van der Waals surface area (Å²) in [7, 11) is 0. The molecule has 140 valence electrons. The first-order valence-corrected chi connectivity index (χ1v) is 8.33. The molecule has 0 radical (unpaired) electrons. The highest BCUT2D eigenvalue weighted by Gasteiger charge is 2.22. The van der Waals surface area contributed by atoms with Gasteiger partial charge < -0.3 is 24.4 Å². The third kappa shape index (κ3) is 4.04. The number of ether oxygens (including phenoxy) is 1. The highest BCUT2D eigenvalue weighted by molar-refractivity contribution is 5.86. The van der Waals surface area contributed by atoms with Crippen LogP contribution >= 0.6 is 0 Å². The van der Waals surface area contributed by atoms with E-state index in [1.807, 2.05) is 6.92 Å². The number of rotatable bonds is 6. The van der Waals surface area contributed by atoms with Gasteiger partial charge in [0.05, 0.1) is 12.0 Å². The van der Waals surface area contributed by atoms with Crippen LogP contribution in [0.15, 0.2) is 27.4 Å². The molecule has 0 bridgehead atoms. The summed E-state index contributed by atoms with van der Waals surface area (Å²) in [5.74, 6) is -1.91. The third-order valence-corrected chi connectivity index (χ3v) is 4.33. The molecule has 0 aliphatic carbocycles. The fourth-order valence-electron chi connectivity index (χ4n) is 2.53. The minimum absolute atomic E-state index is 0.322. The largest absolute Gasteiger partial charge is 0.548 e. The summed E-state index contributed by atoms with van der Waals surface area (Å²) in [4.78, 5) is 35.1. The number of nitrogens with one attached hydrogen (secondary N) is 1. The number of aryl methyl sites for hydroxylation is 1. The van der Waals surface area contributed by atoms with Crippen molar-refractivity contribution < 1.29 is 23.8 Å². The number of carbonyl (C=O) groups is 2. The van der Waals surface area contributed by atoms with Gasteiger partial charge in [-0.1, -0.05) is 13.8 Å². The summed E-state index contributed by atoms with van der Waals surface area (Å²) in [6, 6.07) is 3.84. The molecule has 1 amide bonds. The van der Waals surface area contributed by atoms with Crippen molar-refractivity contribution in [3.05, 3.63) is 39.7 Å². The van der Waals surface area contributed by atoms with E-state index in [2.05, 4.69) is 5.32 Å². The van der Waals surface area contributed by atoms with Crippen molar-refractivity contribution in [1.29, 1.82) is 0 Å². The van der Waals surface area contributed by atoms with Gasteiger partial charge in [0, 0.05) is 17.0 Å². The van der Waals surface area contributed by atoms with Crippen LogP contribution in [-0.2, 0) is 9.59 Å². The first-order valence-electron chi connectivity index (χ1n) is 8.33. The number of benzene rings is 1. The molecule has 7 heteroatoms. The molecule has 7 nitrogen and oxygen atoms in total. The highest BCUT2D eigenvalue weighted by atomic mass is 16.5. The molecular formula is C19H22NO6-. The molecule has 26 heavy (non-hydrogen) atoms. The summed E-state index contributed by atoms with van der Waals surface area (Å²) in [5.41, 5.74) is 1.30. The molecule has 2 aromatic rings. The lowest BCUT2D eigenvalue weighted by atomic mass is 10.0. The monoisotopic (exact) mass is 360 g/mol. The maximum absolute atomic E-state index is 12.2. The Bertz CT molecular complexity index is 899. The van der Waals surface area contributed by atoms with Crippen LogP contribution in [0.25, 0.3) is 11.0 Å². The first kappa shape index (κ1) is 19.5. The number of carboxylic acids is 1. The fourth-order valence-corrected chi connectivity index (χ4v) is 2.53. The standard InChI is InChI=1S/C19H23NO6/c1-9(2)16(18(22)23)20-17(21)12(5)25-13-6-7-14-10(3)11(4)19(24)26-15(14)8-13/h6-9,12,16H,1-5H3,(H,20,21)(H,22,23)/p-1/t12-,16-/m0/s1. The van der Waals surface area contributed by atoms with Crippen LogP contribution in [0.1, 0.15) is 31.9 Å². The normalized spacial score (nSPS) is 13.5. The van der Waals surface area contributed by atoms with Gasteiger partial charge in [0.15, 0.2) is 6.10 Å². The highest BCUT2D eigenvalue weighted by Crippen LogP contribution is 2.24. The Morgan fingerprint density at radius 3 is 2.38 bits per heavy atom. The number of carboxylic acid groups (broad SMARTS) is 1. The van der Waals surface area contributed by atoms with Gasteiger partial charge in [0.1, 0.15) is 11.3 Å². The third-order valence-electron chi connectivity index (χ3n) is 4.33. The number of aliphatic carboxylic acids is 1. The zero-order valence-electron chi connectivity index (χ0n) is 15.4. The topological polar surface area (TPSA) is 109 Å². The van der Waals surface area contributed by atoms with E-state index in [1.54, 1.807) is 32.9 Å². The van der Waals surface area contributed by atoms with E-state index in [9.17, 15) is 19.5 Å². The molecular weight excluding hydrogens is 338 g/mol. The van der Waals surface area contributed by atoms with Gasteiger partial charge >= 0.3 is 5.63 Å². The van der Waals surface area contributed by atoms with Crippen LogP contribution in [0.5, 0.6) is 5.75 Å². The fraction of sp³-hybridized carbons (Fsp3) is 0.421. The van der Waals surface area contributed by atoms with Gasteiger partial charge in [-0.25, -0.2) is 4.79 Å². The van der Waals surface area contributed by atoms with Crippen molar-refractivity contribution in [3.8, 4) is 5.75 Å². The van der Waals surface area contributed by atoms with E-state index in [0.717, 1.165) is 10.9 Å². The Labute approximate surface area is 151 Å². The van der Waals surface area contributed by atoms with Crippen LogP contribution in [0.2, 0.25) is 0 Å². The summed E-state index contributed by atoms with van der Waals surface area (Å²) in [6.45, 7) is 8.36. The van der Waals surface area contributed by atoms with Gasteiger partial charge in [-0.15, -0.1) is 0 Å². The number of hydrogen-bond donors (Lipinski definition) is 1. The molecule has 0 saturated carbocycles. The molecule has 2 atom stereocenters. The van der Waals surface area contributed by atoms with Gasteiger partial charge in [-0.3, -0.25) is 4.79 Å². The van der Waals surface area contributed by atoms with Gasteiger partial charge in [0.25, 0.3) is 5.91 Å². The molecule has 1 heterocycles. The van der Waals surface area contributed by atoms with Crippen molar-refractivity contribution in [1.82, 2.24) is 5.32 Å². The zero-order chi connectivity index (χ0) is 19.6. The van der Waals surface area contributed by atoms with E-state index in [1.165, 1.54) is 13.0 Å². The van der Waals surface area contributed by atoms with Gasteiger partial charge in [-0.2, -0.15) is 0 Å². The van der Waals surface area contributed by atoms with Crippen molar-refractivity contribution in [2.45, 2.75) is 46.8 Å². The Morgan fingerprint density at radius 1 is 1.15 bits per heavy atom. The second-order valence-electron chi connectivity index (χ2n) is 6.61. The van der Waals surface area contributed by atoms with Crippen LogP contribution in [0.4, 0.5) is 0 Å². The molecule has 2 rings (SSSR count). The molecule has 1 aromatic carbocycles. The number of hydrogen-bond acceptors (Lipinski definition) is 6. The summed E-state index contributed by atoms with van der Waals surface area (Å²) in [5, 5.41) is 14.3. The van der Waals surface area contributed by atoms with Crippen molar-refractivity contribution in [2.75, 3.05) is 0 Å². The van der Waals surface area contributed by atoms with Crippen LogP contribution in [0.3, 0.4) is 0 Å². The molecule has 0 unspecified atom stereocenters. The van der Waals surface area contributed by atoms with Crippen LogP contribution in [0, 0.1) is 19.8 Å². The van der Waals surface area contributed by atoms with Crippen molar-refractivity contribution in [3.63, 3.8) is 0 Å². The van der Waals surface area contributed by atoms with Crippen molar-refractivity contribution >= 4 is 22.8 Å². The molecule has 1 N–H and O–H groups in total. The predicted octanol–water partition coefficient (Wildman–Crippen LogP) is 1.07. The molecule has 0 fully saturated rings. The Balaban J connectivity index is 2.19. The Hall–Kier alpha value is -2.83. The van der Waals surface area contributed by atoms with Crippen molar-refractivity contribution in [2.24, 2.45) is 5.92 Å². The quantitative estimate of drug-likeness (QED) is 0.772. The Kier molecular flexibility index (Phi) is 5.69. The number of fused-ring (bicyclic) bond motifs is 1. The summed E-state index contributed by atoms with van der Waals surface area (Å²) < 4.78 is 10.8. The Morgan fingerprint density at radius 2 is 1.81 bits per heavy atom. The molecule has 0 saturated heterocycles. The average Bonchev–Trinajstić information content (AvgIpc) is 2.56. The molecule has 0 aliphatic heterocycles. The van der Waals surface area contributed by atoms with Gasteiger partial charge in [0.2, 0.25) is 0 Å². The lowest BCUT2D eigenvalue weighted by Crippen LogP contribution is -2.53. The molecule has 1 aromatic heterocycles. The maximum Gasteiger partial charge on any atom is 0.339 e. The van der Waals surface area contributed by atoms with E-state index in [4.69, 9.17) is 9.15 Å². The first-order chi connectivity index (χ1) is 12.1. The SMILES string of the molecule is Cc1c(C)c2ccc(O[C@@H](C)C(=O)N[C@H](C(=O)[O-])C(C)C)cc2oc1=O. The summed E-state index contributed by atoms with van der Waals surface area (Å²) in [6.07, 6.45) is -0.939. The minimum atomic E-state index is -1.35. The predicted molar refractivity (Wildman–Crippen MR) is 93.8 cm³/mol. The second kappa shape index (κ2) is 7.59. The maximum atomic E-state index is 12.2.